The molecule has 13 heteroatoms. The van der Waals surface area contributed by atoms with Crippen LogP contribution in [-0.4, -0.2) is 76.6 Å². The van der Waals surface area contributed by atoms with E-state index in [1.165, 1.54) is 6.92 Å². The maximum Gasteiger partial charge on any atom is 0.407 e. The number of benzene rings is 3. The smallest absolute Gasteiger partial charge is 0.407 e. The first-order chi connectivity index (χ1) is 28.2. The van der Waals surface area contributed by atoms with Gasteiger partial charge in [0.1, 0.15) is 23.4 Å². The number of nitrogens with zero attached hydrogens (tertiary/aromatic N) is 2. The zero-order valence-electron chi connectivity index (χ0n) is 34.8. The monoisotopic (exact) mass is 824 g/mol. The number of carboxylic acids is 1. The standard InChI is InChI=1S/C46H56N4O8S/c1-8-28(4)41(49-46(56)57-25-37-35-20-14-12-18-33(35)34-19-13-15-21-36(34)37)44(53)50(7)39(27(2)3)24-40(58-30(6)51)43-48-38(26-59-43)42(52)47-32(22-29(5)45(54)55)23-31-16-10-9-11-17-31/h9-21,26-29,32,37,39-41H,8,22-25H2,1-7H3,(H,47,52)(H,49,56)(H,54,55)/t28-,29-,32+,39+,40+,41?/m0/s1. The topological polar surface area (TPSA) is 164 Å². The van der Waals surface area contributed by atoms with Crippen LogP contribution in [0.4, 0.5) is 4.79 Å². The number of hydrogen-bond donors (Lipinski definition) is 3. The number of ether oxygens (including phenoxy) is 2. The molecule has 12 nitrogen and oxygen atoms in total. The van der Waals surface area contributed by atoms with E-state index in [4.69, 9.17) is 9.47 Å². The van der Waals surface area contributed by atoms with Gasteiger partial charge < -0.3 is 30.1 Å². The molecule has 4 aromatic rings. The molecule has 6 atom stereocenters. The average molecular weight is 825 g/mol. The second-order valence-corrected chi connectivity index (χ2v) is 16.7. The Morgan fingerprint density at radius 1 is 0.864 bits per heavy atom. The van der Waals surface area contributed by atoms with Crippen LogP contribution in [-0.2, 0) is 30.3 Å². The number of rotatable bonds is 19. The van der Waals surface area contributed by atoms with Crippen molar-refractivity contribution >= 4 is 41.2 Å². The molecule has 0 saturated heterocycles. The summed E-state index contributed by atoms with van der Waals surface area (Å²) >= 11 is 1.16. The van der Waals surface area contributed by atoms with Gasteiger partial charge in [0.25, 0.3) is 5.91 Å². The Bertz CT molecular complexity index is 2040. The van der Waals surface area contributed by atoms with Gasteiger partial charge in [-0.2, -0.15) is 0 Å². The maximum absolute atomic E-state index is 14.3. The minimum absolute atomic E-state index is 0.105. The Morgan fingerprint density at radius 3 is 2.05 bits per heavy atom. The first-order valence-electron chi connectivity index (χ1n) is 20.3. The Labute approximate surface area is 350 Å². The van der Waals surface area contributed by atoms with E-state index in [9.17, 15) is 29.1 Å². The van der Waals surface area contributed by atoms with Gasteiger partial charge in [-0.05, 0) is 52.5 Å². The Morgan fingerprint density at radius 2 is 1.47 bits per heavy atom. The summed E-state index contributed by atoms with van der Waals surface area (Å²) in [5, 5.41) is 17.4. The number of likely N-dealkylation sites (N-methyl/N-ethyl adjacent to an activating group) is 1. The highest BCUT2D eigenvalue weighted by Crippen LogP contribution is 2.44. The molecular formula is C46H56N4O8S. The van der Waals surface area contributed by atoms with Crippen LogP contribution in [0.3, 0.4) is 0 Å². The van der Waals surface area contributed by atoms with Crippen molar-refractivity contribution in [3.05, 3.63) is 112 Å². The number of carbonyl (C=O) groups is 5. The van der Waals surface area contributed by atoms with Crippen molar-refractivity contribution in [2.45, 2.75) is 97.4 Å². The lowest BCUT2D eigenvalue weighted by Crippen LogP contribution is -2.54. The van der Waals surface area contributed by atoms with Crippen LogP contribution < -0.4 is 10.6 Å². The van der Waals surface area contributed by atoms with Gasteiger partial charge in [-0.1, -0.05) is 120 Å². The number of hydrogen-bond acceptors (Lipinski definition) is 9. The van der Waals surface area contributed by atoms with Crippen LogP contribution >= 0.6 is 11.3 Å². The van der Waals surface area contributed by atoms with Crippen LogP contribution in [0.5, 0.6) is 0 Å². The van der Waals surface area contributed by atoms with Gasteiger partial charge >= 0.3 is 18.0 Å². The molecule has 0 spiro atoms. The van der Waals surface area contributed by atoms with E-state index in [2.05, 4.69) is 27.8 Å². The molecule has 314 valence electrons. The Balaban J connectivity index is 1.28. The molecule has 1 unspecified atom stereocenters. The minimum Gasteiger partial charge on any atom is -0.481 e. The fraction of sp³-hybridized carbons (Fsp3) is 0.435. The second kappa shape index (κ2) is 20.4. The molecule has 1 aromatic heterocycles. The average Bonchev–Trinajstić information content (AvgIpc) is 3.84. The number of nitrogens with one attached hydrogen (secondary N) is 2. The van der Waals surface area contributed by atoms with Gasteiger partial charge in [-0.15, -0.1) is 11.3 Å². The minimum atomic E-state index is -0.955. The number of amides is 3. The van der Waals surface area contributed by atoms with Gasteiger partial charge in [0.15, 0.2) is 6.10 Å². The number of alkyl carbamates (subject to hydrolysis) is 1. The quantitative estimate of drug-likeness (QED) is 0.0795. The fourth-order valence-corrected chi connectivity index (χ4v) is 8.59. The Hall–Kier alpha value is -5.56. The summed E-state index contributed by atoms with van der Waals surface area (Å²) in [6.45, 7) is 10.8. The SMILES string of the molecule is CC[C@H](C)C(NC(=O)OCC1c2ccccc2-c2ccccc21)C(=O)N(C)[C@H](C[C@@H](OC(C)=O)c1nc(C(=O)N[C@@H](Cc2ccccc2)C[C@H](C)C(=O)O)cs1)C(C)C. The van der Waals surface area contributed by atoms with Crippen LogP contribution in [0.1, 0.15) is 105 Å². The van der Waals surface area contributed by atoms with Gasteiger partial charge in [0, 0.05) is 43.8 Å². The summed E-state index contributed by atoms with van der Waals surface area (Å²) in [6.07, 6.45) is -0.129. The van der Waals surface area contributed by atoms with Crippen molar-refractivity contribution in [3.8, 4) is 11.1 Å². The van der Waals surface area contributed by atoms with Gasteiger partial charge in [-0.25, -0.2) is 9.78 Å². The second-order valence-electron chi connectivity index (χ2n) is 15.8. The molecule has 0 bridgehead atoms. The lowest BCUT2D eigenvalue weighted by molar-refractivity contribution is -0.149. The number of carboxylic acid groups (broad SMARTS) is 1. The van der Waals surface area contributed by atoms with E-state index < -0.39 is 54.1 Å². The molecule has 5 rings (SSSR count). The van der Waals surface area contributed by atoms with Crippen molar-refractivity contribution in [1.82, 2.24) is 20.5 Å². The van der Waals surface area contributed by atoms with E-state index in [0.717, 1.165) is 39.2 Å². The molecule has 59 heavy (non-hydrogen) atoms. The summed E-state index contributed by atoms with van der Waals surface area (Å²) < 4.78 is 11.6. The van der Waals surface area contributed by atoms with Gasteiger partial charge in [0.2, 0.25) is 5.91 Å². The van der Waals surface area contributed by atoms with Crippen molar-refractivity contribution in [2.24, 2.45) is 17.8 Å². The highest BCUT2D eigenvalue weighted by molar-refractivity contribution is 7.09. The molecule has 3 amide bonds. The van der Waals surface area contributed by atoms with Crippen molar-refractivity contribution in [3.63, 3.8) is 0 Å². The van der Waals surface area contributed by atoms with Gasteiger partial charge in [-0.3, -0.25) is 19.2 Å². The number of esters is 1. The third-order valence-electron chi connectivity index (χ3n) is 11.2. The molecule has 0 fully saturated rings. The zero-order chi connectivity index (χ0) is 42.8. The van der Waals surface area contributed by atoms with Gasteiger partial charge in [0.05, 0.1) is 5.92 Å². The highest BCUT2D eigenvalue weighted by Gasteiger charge is 2.37. The van der Waals surface area contributed by atoms with Crippen molar-refractivity contribution in [2.75, 3.05) is 13.7 Å². The van der Waals surface area contributed by atoms with Crippen LogP contribution in [0.15, 0.2) is 84.2 Å². The maximum atomic E-state index is 14.3. The molecule has 1 aliphatic carbocycles. The highest BCUT2D eigenvalue weighted by atomic mass is 32.1. The van der Waals surface area contributed by atoms with E-state index in [0.29, 0.717) is 17.8 Å². The number of fused-ring (bicyclic) bond motifs is 3. The lowest BCUT2D eigenvalue weighted by Gasteiger charge is -2.36. The Kier molecular flexibility index (Phi) is 15.4. The molecule has 3 aromatic carbocycles. The predicted molar refractivity (Wildman–Crippen MR) is 227 cm³/mol. The van der Waals surface area contributed by atoms with Crippen LogP contribution in [0.2, 0.25) is 0 Å². The first-order valence-corrected chi connectivity index (χ1v) is 21.1. The third-order valence-corrected chi connectivity index (χ3v) is 12.2. The summed E-state index contributed by atoms with van der Waals surface area (Å²) in [7, 11) is 1.68. The molecule has 1 aliphatic rings. The molecule has 3 N–H and O–H groups in total. The number of carbonyl (C=O) groups excluding carboxylic acids is 4. The van der Waals surface area contributed by atoms with E-state index in [-0.39, 0.29) is 48.8 Å². The summed E-state index contributed by atoms with van der Waals surface area (Å²) in [5.41, 5.74) is 5.47. The normalized spacial score (nSPS) is 15.1. The van der Waals surface area contributed by atoms with Crippen molar-refractivity contribution < 1.29 is 38.6 Å². The molecule has 1 heterocycles. The molecule has 0 radical (unpaired) electrons. The van der Waals surface area contributed by atoms with Crippen molar-refractivity contribution in [1.29, 1.82) is 0 Å². The van der Waals surface area contributed by atoms with E-state index in [1.54, 1.807) is 24.3 Å². The molecule has 0 aliphatic heterocycles. The largest absolute Gasteiger partial charge is 0.481 e. The third kappa shape index (κ3) is 11.3. The summed E-state index contributed by atoms with van der Waals surface area (Å²) in [5.74, 6) is -3.45. The van der Waals surface area contributed by atoms with E-state index in [1.807, 2.05) is 94.4 Å². The van der Waals surface area contributed by atoms with Crippen LogP contribution in [0, 0.1) is 17.8 Å². The molecule has 0 saturated carbocycles. The van der Waals surface area contributed by atoms with E-state index >= 15 is 0 Å². The molecular weight excluding hydrogens is 769 g/mol. The zero-order valence-corrected chi connectivity index (χ0v) is 35.7. The first kappa shape index (κ1) is 44.5. The number of aromatic nitrogens is 1. The van der Waals surface area contributed by atoms with Crippen LogP contribution in [0.25, 0.3) is 11.1 Å². The number of thiazole rings is 1. The summed E-state index contributed by atoms with van der Waals surface area (Å²) in [6, 6.07) is 23.8. The lowest BCUT2D eigenvalue weighted by atomic mass is 9.93. The summed E-state index contributed by atoms with van der Waals surface area (Å²) in [4.78, 5) is 71.6. The predicted octanol–water partition coefficient (Wildman–Crippen LogP) is 8.03. The number of aliphatic carboxylic acids is 1. The fourth-order valence-electron chi connectivity index (χ4n) is 7.75.